The van der Waals surface area contributed by atoms with Gasteiger partial charge in [-0.25, -0.2) is 4.68 Å². The first kappa shape index (κ1) is 20.3. The molecule has 0 fully saturated rings. The molecule has 1 amide bonds. The molecule has 0 saturated heterocycles. The molecule has 0 saturated carbocycles. The van der Waals surface area contributed by atoms with Crippen LogP contribution in [0.5, 0.6) is 5.75 Å². The van der Waals surface area contributed by atoms with E-state index in [1.54, 1.807) is 13.2 Å². The lowest BCUT2D eigenvalue weighted by atomic mass is 10.1. The van der Waals surface area contributed by atoms with Crippen molar-refractivity contribution in [2.45, 2.75) is 32.4 Å². The molecule has 1 atom stereocenters. The van der Waals surface area contributed by atoms with Crippen LogP contribution in [0, 0.1) is 0 Å². The van der Waals surface area contributed by atoms with Gasteiger partial charge >= 0.3 is 0 Å². The zero-order chi connectivity index (χ0) is 20.6. The Morgan fingerprint density at radius 1 is 1.10 bits per heavy atom. The van der Waals surface area contributed by atoms with Crippen LogP contribution in [-0.4, -0.2) is 28.8 Å². The van der Waals surface area contributed by atoms with Gasteiger partial charge < -0.3 is 10.1 Å². The summed E-state index contributed by atoms with van der Waals surface area (Å²) in [5.41, 5.74) is 2.34. The smallest absolute Gasteiger partial charge is 0.267 e. The number of nitrogens with one attached hydrogen (secondary N) is 1. The quantitative estimate of drug-likeness (QED) is 0.641. The molecule has 0 aliphatic rings. The van der Waals surface area contributed by atoms with Gasteiger partial charge in [-0.1, -0.05) is 42.5 Å². The Hall–Kier alpha value is -3.41. The molecule has 0 aliphatic carbocycles. The predicted octanol–water partition coefficient (Wildman–Crippen LogP) is 3.06. The molecule has 150 valence electrons. The topological polar surface area (TPSA) is 73.2 Å². The van der Waals surface area contributed by atoms with Crippen LogP contribution in [0.1, 0.15) is 18.9 Å². The second kappa shape index (κ2) is 9.68. The van der Waals surface area contributed by atoms with E-state index in [0.717, 1.165) is 18.4 Å². The number of carbonyl (C=O) groups is 1. The van der Waals surface area contributed by atoms with E-state index in [1.165, 1.54) is 16.3 Å². The number of hydrogen-bond acceptors (Lipinski definition) is 4. The number of carbonyl (C=O) groups excluding carboxylic acids is 1. The van der Waals surface area contributed by atoms with Gasteiger partial charge in [-0.2, -0.15) is 5.10 Å². The molecule has 29 heavy (non-hydrogen) atoms. The van der Waals surface area contributed by atoms with Crippen molar-refractivity contribution in [2.75, 3.05) is 7.11 Å². The Labute approximate surface area is 170 Å². The Bertz CT molecular complexity index is 1020. The normalized spacial score (nSPS) is 11.7. The molecule has 3 rings (SSSR count). The number of aryl methyl sites for hydroxylation is 1. The van der Waals surface area contributed by atoms with E-state index >= 15 is 0 Å². The third kappa shape index (κ3) is 5.78. The van der Waals surface area contributed by atoms with Gasteiger partial charge in [0.05, 0.1) is 12.8 Å². The number of nitrogens with zero attached hydrogens (tertiary/aromatic N) is 2. The van der Waals surface area contributed by atoms with E-state index in [4.69, 9.17) is 4.74 Å². The Morgan fingerprint density at radius 3 is 2.66 bits per heavy atom. The summed E-state index contributed by atoms with van der Waals surface area (Å²) >= 11 is 0. The van der Waals surface area contributed by atoms with Crippen LogP contribution in [0.15, 0.2) is 71.5 Å². The molecule has 0 bridgehead atoms. The van der Waals surface area contributed by atoms with Gasteiger partial charge in [0.2, 0.25) is 5.91 Å². The first-order chi connectivity index (χ1) is 14.0. The number of rotatable bonds is 8. The Kier molecular flexibility index (Phi) is 6.79. The summed E-state index contributed by atoms with van der Waals surface area (Å²) in [5.74, 6) is 0.468. The average Bonchev–Trinajstić information content (AvgIpc) is 2.74. The van der Waals surface area contributed by atoms with Gasteiger partial charge in [0.1, 0.15) is 12.3 Å². The predicted molar refractivity (Wildman–Crippen MR) is 113 cm³/mol. The maximum atomic E-state index is 12.4. The lowest BCUT2D eigenvalue weighted by molar-refractivity contribution is -0.122. The highest BCUT2D eigenvalue weighted by atomic mass is 16.5. The minimum atomic E-state index is -0.316. The highest BCUT2D eigenvalue weighted by Gasteiger charge is 2.11. The van der Waals surface area contributed by atoms with Gasteiger partial charge in [-0.05, 0) is 43.5 Å². The van der Waals surface area contributed by atoms with Crippen LogP contribution in [-0.2, 0) is 17.8 Å². The minimum Gasteiger partial charge on any atom is -0.497 e. The van der Waals surface area contributed by atoms with E-state index in [2.05, 4.69) is 22.5 Å². The fourth-order valence-electron chi connectivity index (χ4n) is 3.06. The van der Waals surface area contributed by atoms with Crippen molar-refractivity contribution in [1.29, 1.82) is 0 Å². The molecular weight excluding hydrogens is 366 g/mol. The standard InChI is InChI=1S/C23H25N3O3/c1-17(11-12-18-7-4-3-5-8-18)24-22(27)16-26-23(28)14-13-21(25-26)19-9-6-10-20(15-19)29-2/h3-10,13-15,17H,11-12,16H2,1-2H3,(H,24,27)/t17-/m0/s1. The summed E-state index contributed by atoms with van der Waals surface area (Å²) in [6.07, 6.45) is 1.70. The number of benzene rings is 2. The fourth-order valence-corrected chi connectivity index (χ4v) is 3.06. The van der Waals surface area contributed by atoms with Crippen LogP contribution in [0.4, 0.5) is 0 Å². The fraction of sp³-hybridized carbons (Fsp3) is 0.261. The van der Waals surface area contributed by atoms with Crippen LogP contribution < -0.4 is 15.6 Å². The van der Waals surface area contributed by atoms with Crippen molar-refractivity contribution >= 4 is 5.91 Å². The van der Waals surface area contributed by atoms with Gasteiger partial charge in [-0.3, -0.25) is 9.59 Å². The molecule has 3 aromatic rings. The molecule has 0 spiro atoms. The van der Waals surface area contributed by atoms with E-state index < -0.39 is 0 Å². The molecule has 1 heterocycles. The molecule has 2 aromatic carbocycles. The number of amides is 1. The van der Waals surface area contributed by atoms with Crippen LogP contribution in [0.3, 0.4) is 0 Å². The highest BCUT2D eigenvalue weighted by molar-refractivity contribution is 5.76. The monoisotopic (exact) mass is 391 g/mol. The summed E-state index contributed by atoms with van der Waals surface area (Å²) in [4.78, 5) is 24.6. The first-order valence-electron chi connectivity index (χ1n) is 9.61. The largest absolute Gasteiger partial charge is 0.497 e. The SMILES string of the molecule is COc1cccc(-c2ccc(=O)n(CC(=O)N[C@@H](C)CCc3ccccc3)n2)c1. The number of methoxy groups -OCH3 is 1. The molecule has 0 radical (unpaired) electrons. The average molecular weight is 391 g/mol. The van der Waals surface area contributed by atoms with Gasteiger partial charge in [0.15, 0.2) is 0 Å². The van der Waals surface area contributed by atoms with Crippen molar-refractivity contribution in [2.24, 2.45) is 0 Å². The number of ether oxygens (including phenoxy) is 1. The minimum absolute atomic E-state index is 0.0000229. The Morgan fingerprint density at radius 2 is 1.90 bits per heavy atom. The second-order valence-corrected chi connectivity index (χ2v) is 6.94. The molecule has 6 nitrogen and oxygen atoms in total. The molecular formula is C23H25N3O3. The van der Waals surface area contributed by atoms with Crippen molar-refractivity contribution in [3.05, 3.63) is 82.6 Å². The van der Waals surface area contributed by atoms with E-state index in [0.29, 0.717) is 11.4 Å². The van der Waals surface area contributed by atoms with Crippen LogP contribution >= 0.6 is 0 Å². The van der Waals surface area contributed by atoms with E-state index in [1.807, 2.05) is 49.4 Å². The van der Waals surface area contributed by atoms with Gasteiger partial charge in [0, 0.05) is 17.7 Å². The molecule has 1 aromatic heterocycles. The summed E-state index contributed by atoms with van der Waals surface area (Å²) in [7, 11) is 1.59. The van der Waals surface area contributed by atoms with Crippen molar-refractivity contribution in [3.8, 4) is 17.0 Å². The summed E-state index contributed by atoms with van der Waals surface area (Å²) < 4.78 is 6.42. The lowest BCUT2D eigenvalue weighted by Crippen LogP contribution is -2.38. The zero-order valence-corrected chi connectivity index (χ0v) is 16.7. The van der Waals surface area contributed by atoms with Gasteiger partial charge in [0.25, 0.3) is 5.56 Å². The van der Waals surface area contributed by atoms with E-state index in [-0.39, 0.29) is 24.1 Å². The van der Waals surface area contributed by atoms with Crippen molar-refractivity contribution < 1.29 is 9.53 Å². The van der Waals surface area contributed by atoms with Crippen molar-refractivity contribution in [3.63, 3.8) is 0 Å². The molecule has 6 heteroatoms. The number of hydrogen-bond donors (Lipinski definition) is 1. The molecule has 1 N–H and O–H groups in total. The molecule has 0 aliphatic heterocycles. The van der Waals surface area contributed by atoms with Crippen molar-refractivity contribution in [1.82, 2.24) is 15.1 Å². The first-order valence-corrected chi connectivity index (χ1v) is 9.61. The van der Waals surface area contributed by atoms with Gasteiger partial charge in [-0.15, -0.1) is 0 Å². The third-order valence-electron chi connectivity index (χ3n) is 4.64. The maximum Gasteiger partial charge on any atom is 0.267 e. The lowest BCUT2D eigenvalue weighted by Gasteiger charge is -2.14. The Balaban J connectivity index is 1.63. The van der Waals surface area contributed by atoms with Crippen LogP contribution in [0.25, 0.3) is 11.3 Å². The van der Waals surface area contributed by atoms with Crippen LogP contribution in [0.2, 0.25) is 0 Å². The third-order valence-corrected chi connectivity index (χ3v) is 4.64. The highest BCUT2D eigenvalue weighted by Crippen LogP contribution is 2.21. The number of aromatic nitrogens is 2. The summed E-state index contributed by atoms with van der Waals surface area (Å²) in [6, 6.07) is 20.6. The summed E-state index contributed by atoms with van der Waals surface area (Å²) in [6.45, 7) is 1.84. The molecule has 0 unspecified atom stereocenters. The second-order valence-electron chi connectivity index (χ2n) is 6.94. The van der Waals surface area contributed by atoms with E-state index in [9.17, 15) is 9.59 Å². The zero-order valence-electron chi connectivity index (χ0n) is 16.7. The maximum absolute atomic E-state index is 12.4. The summed E-state index contributed by atoms with van der Waals surface area (Å²) in [5, 5.41) is 7.29.